The summed E-state index contributed by atoms with van der Waals surface area (Å²) in [7, 11) is 0. The van der Waals surface area contributed by atoms with Gasteiger partial charge >= 0.3 is 0 Å². The van der Waals surface area contributed by atoms with Gasteiger partial charge in [0.15, 0.2) is 0 Å². The van der Waals surface area contributed by atoms with Crippen LogP contribution in [0.5, 0.6) is 0 Å². The number of hydrogen-bond donors (Lipinski definition) is 1. The van der Waals surface area contributed by atoms with Gasteiger partial charge in [0.05, 0.1) is 18.9 Å². The molecule has 1 saturated heterocycles. The molecule has 2 aliphatic rings. The van der Waals surface area contributed by atoms with Gasteiger partial charge in [-0.2, -0.15) is 0 Å². The number of ether oxygens (including phenoxy) is 1. The molecule has 0 spiro atoms. The van der Waals surface area contributed by atoms with Crippen LogP contribution in [0.15, 0.2) is 0 Å². The third-order valence-corrected chi connectivity index (χ3v) is 4.50. The van der Waals surface area contributed by atoms with E-state index < -0.39 is 0 Å². The van der Waals surface area contributed by atoms with E-state index in [0.717, 1.165) is 58.8 Å². The molecule has 0 aromatic carbocycles. The topological polar surface area (TPSA) is 42.3 Å². The molecule has 1 aromatic rings. The molecule has 3 rings (SSSR count). The maximum Gasteiger partial charge on any atom is 0.109 e. The zero-order valence-electron chi connectivity index (χ0n) is 13.2. The highest BCUT2D eigenvalue weighted by Gasteiger charge is 2.19. The first kappa shape index (κ1) is 15.0. The maximum absolute atomic E-state index is 5.41. The first-order chi connectivity index (χ1) is 10.4. The third kappa shape index (κ3) is 3.65. The van der Waals surface area contributed by atoms with Gasteiger partial charge in [-0.3, -0.25) is 4.90 Å². The molecule has 5 heteroatoms. The normalized spacial score (nSPS) is 19.7. The molecule has 0 aliphatic carbocycles. The fourth-order valence-corrected chi connectivity index (χ4v) is 3.38. The monoisotopic (exact) mass is 292 g/mol. The fraction of sp³-hybridized carbons (Fsp3) is 0.812. The predicted octanol–water partition coefficient (Wildman–Crippen LogP) is 1.20. The van der Waals surface area contributed by atoms with Gasteiger partial charge in [0.1, 0.15) is 5.82 Å². The van der Waals surface area contributed by atoms with Gasteiger partial charge in [0.2, 0.25) is 0 Å². The molecular formula is C16H28N4O. The highest BCUT2D eigenvalue weighted by atomic mass is 16.5. The van der Waals surface area contributed by atoms with E-state index in [2.05, 4.69) is 21.7 Å². The second-order valence-corrected chi connectivity index (χ2v) is 6.06. The van der Waals surface area contributed by atoms with E-state index in [0.29, 0.717) is 0 Å². The van der Waals surface area contributed by atoms with Crippen molar-refractivity contribution in [2.45, 2.75) is 45.7 Å². The number of fused-ring (bicyclic) bond motifs is 1. The third-order valence-electron chi connectivity index (χ3n) is 4.50. The van der Waals surface area contributed by atoms with Crippen molar-refractivity contribution in [2.75, 3.05) is 39.4 Å². The summed E-state index contributed by atoms with van der Waals surface area (Å²) in [5, 5.41) is 3.43. The molecule has 0 bridgehead atoms. The summed E-state index contributed by atoms with van der Waals surface area (Å²) in [5.41, 5.74) is 2.77. The van der Waals surface area contributed by atoms with Gasteiger partial charge in [-0.15, -0.1) is 0 Å². The number of nitrogens with one attached hydrogen (secondary N) is 1. The Balaban J connectivity index is 1.61. The molecule has 3 heterocycles. The lowest BCUT2D eigenvalue weighted by Gasteiger charge is -2.26. The highest BCUT2D eigenvalue weighted by molar-refractivity contribution is 5.20. The van der Waals surface area contributed by atoms with Gasteiger partial charge in [-0.25, -0.2) is 4.98 Å². The summed E-state index contributed by atoms with van der Waals surface area (Å²) in [4.78, 5) is 7.39. The van der Waals surface area contributed by atoms with Crippen LogP contribution in [0.1, 0.15) is 37.0 Å². The van der Waals surface area contributed by atoms with Gasteiger partial charge < -0.3 is 14.6 Å². The van der Waals surface area contributed by atoms with Crippen LogP contribution < -0.4 is 5.32 Å². The van der Waals surface area contributed by atoms with E-state index in [4.69, 9.17) is 9.72 Å². The summed E-state index contributed by atoms with van der Waals surface area (Å²) in [5.74, 6) is 1.30. The van der Waals surface area contributed by atoms with Crippen LogP contribution in [0.2, 0.25) is 0 Å². The SMILES string of the molecule is CCCc1nc2c(n1CCCN1CCOCC1)CCNC2. The zero-order valence-corrected chi connectivity index (χ0v) is 13.2. The minimum atomic E-state index is 0.896. The zero-order chi connectivity index (χ0) is 14.5. The molecule has 0 saturated carbocycles. The summed E-state index contributed by atoms with van der Waals surface area (Å²) < 4.78 is 7.93. The van der Waals surface area contributed by atoms with Crippen molar-refractivity contribution in [2.24, 2.45) is 0 Å². The first-order valence-electron chi connectivity index (χ1n) is 8.46. The number of imidazole rings is 1. The molecule has 0 atom stereocenters. The van der Waals surface area contributed by atoms with E-state index in [1.807, 2.05) is 0 Å². The Morgan fingerprint density at radius 3 is 2.90 bits per heavy atom. The molecule has 21 heavy (non-hydrogen) atoms. The number of rotatable bonds is 6. The van der Waals surface area contributed by atoms with Gasteiger partial charge in [0, 0.05) is 57.8 Å². The minimum Gasteiger partial charge on any atom is -0.379 e. The fourth-order valence-electron chi connectivity index (χ4n) is 3.38. The quantitative estimate of drug-likeness (QED) is 0.855. The Bertz CT molecular complexity index is 451. The molecule has 5 nitrogen and oxygen atoms in total. The maximum atomic E-state index is 5.41. The second-order valence-electron chi connectivity index (χ2n) is 6.06. The Labute approximate surface area is 127 Å². The van der Waals surface area contributed by atoms with Crippen LogP contribution in [0.4, 0.5) is 0 Å². The lowest BCUT2D eigenvalue weighted by molar-refractivity contribution is 0.0369. The number of morpholine rings is 1. The Morgan fingerprint density at radius 1 is 1.24 bits per heavy atom. The minimum absolute atomic E-state index is 0.896. The predicted molar refractivity (Wildman–Crippen MR) is 83.5 cm³/mol. The number of aryl methyl sites for hydroxylation is 1. The van der Waals surface area contributed by atoms with E-state index in [1.54, 1.807) is 0 Å². The highest BCUT2D eigenvalue weighted by Crippen LogP contribution is 2.18. The van der Waals surface area contributed by atoms with Crippen molar-refractivity contribution in [1.29, 1.82) is 0 Å². The lowest BCUT2D eigenvalue weighted by Crippen LogP contribution is -2.37. The van der Waals surface area contributed by atoms with Crippen LogP contribution in [0.25, 0.3) is 0 Å². The lowest BCUT2D eigenvalue weighted by atomic mass is 10.2. The largest absolute Gasteiger partial charge is 0.379 e. The second kappa shape index (κ2) is 7.38. The molecule has 1 fully saturated rings. The molecule has 2 aliphatic heterocycles. The molecule has 0 unspecified atom stereocenters. The summed E-state index contributed by atoms with van der Waals surface area (Å²) in [6, 6.07) is 0. The van der Waals surface area contributed by atoms with Crippen LogP contribution in [0.3, 0.4) is 0 Å². The molecule has 1 aromatic heterocycles. The van der Waals surface area contributed by atoms with E-state index in [9.17, 15) is 0 Å². The van der Waals surface area contributed by atoms with Crippen molar-refractivity contribution in [3.8, 4) is 0 Å². The van der Waals surface area contributed by atoms with Crippen molar-refractivity contribution >= 4 is 0 Å². The van der Waals surface area contributed by atoms with Crippen LogP contribution in [0, 0.1) is 0 Å². The summed E-state index contributed by atoms with van der Waals surface area (Å²) >= 11 is 0. The number of aromatic nitrogens is 2. The standard InChI is InChI=1S/C16H28N4O/c1-2-4-16-18-14-13-17-6-5-15(14)20(16)8-3-7-19-9-11-21-12-10-19/h17H,2-13H2,1H3. The average Bonchev–Trinajstić information content (AvgIpc) is 2.87. The number of nitrogens with zero attached hydrogens (tertiary/aromatic N) is 3. The van der Waals surface area contributed by atoms with E-state index in [1.165, 1.54) is 36.6 Å². The number of hydrogen-bond acceptors (Lipinski definition) is 4. The molecule has 118 valence electrons. The molecule has 1 N–H and O–H groups in total. The van der Waals surface area contributed by atoms with Gasteiger partial charge in [0.25, 0.3) is 0 Å². The first-order valence-corrected chi connectivity index (χ1v) is 8.46. The van der Waals surface area contributed by atoms with E-state index in [-0.39, 0.29) is 0 Å². The van der Waals surface area contributed by atoms with Crippen molar-refractivity contribution in [3.63, 3.8) is 0 Å². The van der Waals surface area contributed by atoms with Crippen LogP contribution in [-0.4, -0.2) is 53.8 Å². The van der Waals surface area contributed by atoms with Crippen molar-refractivity contribution < 1.29 is 4.74 Å². The van der Waals surface area contributed by atoms with E-state index >= 15 is 0 Å². The average molecular weight is 292 g/mol. The Kier molecular flexibility index (Phi) is 5.27. The summed E-state index contributed by atoms with van der Waals surface area (Å²) in [6.07, 6.45) is 4.62. The Hall–Kier alpha value is -0.910. The van der Waals surface area contributed by atoms with Crippen molar-refractivity contribution in [3.05, 3.63) is 17.2 Å². The smallest absolute Gasteiger partial charge is 0.109 e. The van der Waals surface area contributed by atoms with Gasteiger partial charge in [-0.05, 0) is 12.8 Å². The molecule has 0 radical (unpaired) electrons. The Morgan fingerprint density at radius 2 is 2.10 bits per heavy atom. The molecular weight excluding hydrogens is 264 g/mol. The van der Waals surface area contributed by atoms with Crippen LogP contribution >= 0.6 is 0 Å². The summed E-state index contributed by atoms with van der Waals surface area (Å²) in [6.45, 7) is 10.6. The molecule has 0 amide bonds. The van der Waals surface area contributed by atoms with Crippen LogP contribution in [-0.2, 0) is 30.7 Å². The van der Waals surface area contributed by atoms with Gasteiger partial charge in [-0.1, -0.05) is 6.92 Å². The van der Waals surface area contributed by atoms with Crippen molar-refractivity contribution in [1.82, 2.24) is 19.8 Å².